The van der Waals surface area contributed by atoms with Crippen LogP contribution in [-0.4, -0.2) is 48.0 Å². The zero-order valence-corrected chi connectivity index (χ0v) is 19.6. The third-order valence-corrected chi connectivity index (χ3v) is 4.86. The molecule has 1 aromatic rings. The molecule has 0 aliphatic carbocycles. The van der Waals surface area contributed by atoms with Crippen LogP contribution in [0.1, 0.15) is 70.2 Å². The lowest BCUT2D eigenvalue weighted by Crippen LogP contribution is -2.47. The first-order valence-electron chi connectivity index (χ1n) is 10.5. The molecule has 0 saturated heterocycles. The van der Waals surface area contributed by atoms with Gasteiger partial charge < -0.3 is 20.3 Å². The average Bonchev–Trinajstić information content (AvgIpc) is 2.62. The Kier molecular flexibility index (Phi) is 9.33. The minimum Gasteiger partial charge on any atom is -0.444 e. The largest absolute Gasteiger partial charge is 0.444 e. The molecule has 168 valence electrons. The fraction of sp³-hybridized carbons (Fsp3) is 0.609. The second-order valence-corrected chi connectivity index (χ2v) is 8.75. The number of carbonyl (C=O) groups excluding carboxylic acids is 3. The quantitative estimate of drug-likeness (QED) is 0.673. The van der Waals surface area contributed by atoms with Crippen LogP contribution in [0.15, 0.2) is 18.2 Å². The third-order valence-electron chi connectivity index (χ3n) is 4.86. The highest BCUT2D eigenvalue weighted by Gasteiger charge is 2.31. The molecule has 2 unspecified atom stereocenters. The highest BCUT2D eigenvalue weighted by Crippen LogP contribution is 2.26. The molecule has 7 heteroatoms. The van der Waals surface area contributed by atoms with E-state index >= 15 is 0 Å². The van der Waals surface area contributed by atoms with Crippen molar-refractivity contribution in [3.63, 3.8) is 0 Å². The van der Waals surface area contributed by atoms with Gasteiger partial charge in [0.1, 0.15) is 18.2 Å². The molecule has 7 nitrogen and oxygen atoms in total. The summed E-state index contributed by atoms with van der Waals surface area (Å²) in [6.07, 6.45) is 1.13. The summed E-state index contributed by atoms with van der Waals surface area (Å²) in [7, 11) is 1.58. The number of rotatable bonds is 8. The van der Waals surface area contributed by atoms with E-state index in [0.29, 0.717) is 0 Å². The van der Waals surface area contributed by atoms with E-state index in [0.717, 1.165) is 29.5 Å². The first-order valence-corrected chi connectivity index (χ1v) is 10.5. The van der Waals surface area contributed by atoms with Gasteiger partial charge in [0, 0.05) is 13.1 Å². The minimum atomic E-state index is -0.794. The normalized spacial score (nSPS) is 13.2. The Bertz CT molecular complexity index is 755. The Morgan fingerprint density at radius 2 is 1.80 bits per heavy atom. The fourth-order valence-corrected chi connectivity index (χ4v) is 3.15. The topological polar surface area (TPSA) is 87.7 Å². The molecule has 2 N–H and O–H groups in total. The van der Waals surface area contributed by atoms with E-state index in [1.807, 2.05) is 39.0 Å². The summed E-state index contributed by atoms with van der Waals surface area (Å²) in [5.74, 6) is -0.622. The lowest BCUT2D eigenvalue weighted by molar-refractivity contribution is -0.138. The van der Waals surface area contributed by atoms with Crippen LogP contribution in [0.5, 0.6) is 0 Å². The summed E-state index contributed by atoms with van der Waals surface area (Å²) in [5.41, 5.74) is 2.11. The molecule has 0 aliphatic heterocycles. The number of likely N-dealkylation sites (N-methyl/N-ethyl adjacent to an activating group) is 1. The van der Waals surface area contributed by atoms with Gasteiger partial charge in [0.15, 0.2) is 0 Å². The van der Waals surface area contributed by atoms with Gasteiger partial charge in [-0.15, -0.1) is 0 Å². The third kappa shape index (κ3) is 7.69. The van der Waals surface area contributed by atoms with Crippen LogP contribution in [0, 0.1) is 13.8 Å². The molecule has 2 atom stereocenters. The van der Waals surface area contributed by atoms with Gasteiger partial charge in [-0.3, -0.25) is 9.59 Å². The minimum absolute atomic E-state index is 0.00138. The lowest BCUT2D eigenvalue weighted by atomic mass is 9.95. The Morgan fingerprint density at radius 3 is 2.37 bits per heavy atom. The second-order valence-electron chi connectivity index (χ2n) is 8.75. The van der Waals surface area contributed by atoms with E-state index in [4.69, 9.17) is 4.74 Å². The molecular formula is C23H37N3O4. The highest BCUT2D eigenvalue weighted by molar-refractivity contribution is 5.90. The standard InChI is InChI=1S/C23H37N3O4/c1-9-11-16(3)25-21(28)20(18-13-10-12-15(2)17(18)4)26(8)19(27)14-24-22(29)30-23(5,6)7/h10,12-13,16,20H,9,11,14H2,1-8H3,(H,24,29)(H,25,28). The number of alkyl carbamates (subject to hydrolysis) is 1. The first-order chi connectivity index (χ1) is 13.9. The van der Waals surface area contributed by atoms with Crippen molar-refractivity contribution in [2.75, 3.05) is 13.6 Å². The van der Waals surface area contributed by atoms with E-state index < -0.39 is 17.7 Å². The smallest absolute Gasteiger partial charge is 0.408 e. The number of aryl methyl sites for hydroxylation is 1. The Balaban J connectivity index is 3.05. The maximum Gasteiger partial charge on any atom is 0.408 e. The fourth-order valence-electron chi connectivity index (χ4n) is 3.15. The molecule has 0 bridgehead atoms. The van der Waals surface area contributed by atoms with Crippen LogP contribution in [0.4, 0.5) is 4.79 Å². The number of benzene rings is 1. The molecule has 0 fully saturated rings. The molecule has 0 radical (unpaired) electrons. The number of hydrogen-bond acceptors (Lipinski definition) is 4. The van der Waals surface area contributed by atoms with Crippen LogP contribution in [-0.2, 0) is 14.3 Å². The molecule has 1 rings (SSSR count). The lowest BCUT2D eigenvalue weighted by Gasteiger charge is -2.30. The van der Waals surface area contributed by atoms with Gasteiger partial charge in [-0.2, -0.15) is 0 Å². The van der Waals surface area contributed by atoms with Gasteiger partial charge in [-0.1, -0.05) is 31.5 Å². The van der Waals surface area contributed by atoms with Crippen molar-refractivity contribution in [1.82, 2.24) is 15.5 Å². The van der Waals surface area contributed by atoms with Gasteiger partial charge in [-0.25, -0.2) is 4.79 Å². The molecule has 0 aromatic heterocycles. The summed E-state index contributed by atoms with van der Waals surface area (Å²) < 4.78 is 5.17. The zero-order valence-electron chi connectivity index (χ0n) is 19.6. The molecule has 1 aromatic carbocycles. The number of amides is 3. The highest BCUT2D eigenvalue weighted by atomic mass is 16.6. The number of hydrogen-bond donors (Lipinski definition) is 2. The van der Waals surface area contributed by atoms with Crippen LogP contribution in [0.2, 0.25) is 0 Å². The Morgan fingerprint density at radius 1 is 1.17 bits per heavy atom. The van der Waals surface area contributed by atoms with Crippen LogP contribution < -0.4 is 10.6 Å². The number of ether oxygens (including phenoxy) is 1. The van der Waals surface area contributed by atoms with Crippen LogP contribution >= 0.6 is 0 Å². The maximum absolute atomic E-state index is 13.1. The number of nitrogens with zero attached hydrogens (tertiary/aromatic N) is 1. The van der Waals surface area contributed by atoms with E-state index in [-0.39, 0.29) is 24.4 Å². The van der Waals surface area contributed by atoms with Crippen molar-refractivity contribution in [3.05, 3.63) is 34.9 Å². The average molecular weight is 420 g/mol. The van der Waals surface area contributed by atoms with Crippen molar-refractivity contribution in [2.45, 2.75) is 79.0 Å². The summed E-state index contributed by atoms with van der Waals surface area (Å²) in [6, 6.07) is 4.92. The zero-order chi connectivity index (χ0) is 23.1. The molecule has 0 spiro atoms. The summed E-state index contributed by atoms with van der Waals surface area (Å²) in [5, 5.41) is 5.48. The predicted molar refractivity (Wildman–Crippen MR) is 118 cm³/mol. The molecule has 3 amide bonds. The Labute approximate surface area is 180 Å². The van der Waals surface area contributed by atoms with Crippen molar-refractivity contribution in [3.8, 4) is 0 Å². The predicted octanol–water partition coefficient (Wildman–Crippen LogP) is 3.63. The van der Waals surface area contributed by atoms with Gasteiger partial charge in [0.2, 0.25) is 11.8 Å². The van der Waals surface area contributed by atoms with Gasteiger partial charge in [-0.05, 0) is 64.7 Å². The van der Waals surface area contributed by atoms with Gasteiger partial charge >= 0.3 is 6.09 Å². The van der Waals surface area contributed by atoms with Crippen LogP contribution in [0.3, 0.4) is 0 Å². The molecular weight excluding hydrogens is 382 g/mol. The summed E-state index contributed by atoms with van der Waals surface area (Å²) in [4.78, 5) is 39.2. The van der Waals surface area contributed by atoms with E-state index in [2.05, 4.69) is 17.6 Å². The van der Waals surface area contributed by atoms with Gasteiger partial charge in [0.25, 0.3) is 0 Å². The van der Waals surface area contributed by atoms with E-state index in [9.17, 15) is 14.4 Å². The van der Waals surface area contributed by atoms with Gasteiger partial charge in [0.05, 0.1) is 0 Å². The van der Waals surface area contributed by atoms with Crippen molar-refractivity contribution < 1.29 is 19.1 Å². The van der Waals surface area contributed by atoms with Crippen LogP contribution in [0.25, 0.3) is 0 Å². The van der Waals surface area contributed by atoms with E-state index in [1.54, 1.807) is 27.8 Å². The first kappa shape index (κ1) is 25.5. The SMILES string of the molecule is CCCC(C)NC(=O)C(c1cccc(C)c1C)N(C)C(=O)CNC(=O)OC(C)(C)C. The van der Waals surface area contributed by atoms with Crippen molar-refractivity contribution >= 4 is 17.9 Å². The molecule has 0 saturated carbocycles. The number of carbonyl (C=O) groups is 3. The van der Waals surface area contributed by atoms with Crippen molar-refractivity contribution in [1.29, 1.82) is 0 Å². The maximum atomic E-state index is 13.1. The molecule has 0 aliphatic rings. The molecule has 30 heavy (non-hydrogen) atoms. The number of nitrogens with one attached hydrogen (secondary N) is 2. The molecule has 0 heterocycles. The summed E-state index contributed by atoms with van der Waals surface area (Å²) >= 11 is 0. The Hall–Kier alpha value is -2.57. The van der Waals surface area contributed by atoms with E-state index in [1.165, 1.54) is 4.90 Å². The monoisotopic (exact) mass is 419 g/mol. The second kappa shape index (κ2) is 11.0. The summed E-state index contributed by atoms with van der Waals surface area (Å²) in [6.45, 7) is 12.9. The van der Waals surface area contributed by atoms with Crippen molar-refractivity contribution in [2.24, 2.45) is 0 Å².